The van der Waals surface area contributed by atoms with E-state index in [4.69, 9.17) is 16.3 Å². The summed E-state index contributed by atoms with van der Waals surface area (Å²) in [5, 5.41) is 3.53. The van der Waals surface area contributed by atoms with Crippen molar-refractivity contribution < 1.29 is 17.9 Å². The Morgan fingerprint density at radius 3 is 2.60 bits per heavy atom. The molecule has 2 aliphatic rings. The highest BCUT2D eigenvalue weighted by atomic mass is 35.5. The molecule has 1 amide bonds. The number of nitrogens with zero attached hydrogens (tertiary/aromatic N) is 1. The van der Waals surface area contributed by atoms with Gasteiger partial charge in [-0.15, -0.1) is 0 Å². The predicted molar refractivity (Wildman–Crippen MR) is 97.1 cm³/mol. The van der Waals surface area contributed by atoms with Gasteiger partial charge in [-0.3, -0.25) is 9.69 Å². The number of sulfone groups is 1. The highest BCUT2D eigenvalue weighted by Gasteiger charge is 2.34. The Morgan fingerprint density at radius 2 is 2.00 bits per heavy atom. The minimum Gasteiger partial charge on any atom is -0.496 e. The summed E-state index contributed by atoms with van der Waals surface area (Å²) in [6.07, 6.45) is 2.34. The molecule has 1 N–H and O–H groups in total. The van der Waals surface area contributed by atoms with Gasteiger partial charge in [-0.05, 0) is 37.5 Å². The van der Waals surface area contributed by atoms with Crippen LogP contribution in [0.3, 0.4) is 0 Å². The monoisotopic (exact) mass is 386 g/mol. The molecule has 2 aliphatic heterocycles. The molecule has 1 atom stereocenters. The molecule has 2 heterocycles. The van der Waals surface area contributed by atoms with Gasteiger partial charge in [0, 0.05) is 30.2 Å². The topological polar surface area (TPSA) is 75.7 Å². The number of methoxy groups -OCH3 is 1. The molecular weight excluding hydrogens is 364 g/mol. The van der Waals surface area contributed by atoms with Crippen molar-refractivity contribution in [2.45, 2.75) is 31.3 Å². The Hall–Kier alpha value is -1.31. The van der Waals surface area contributed by atoms with Gasteiger partial charge < -0.3 is 10.1 Å². The molecule has 1 aromatic rings. The molecule has 8 heteroatoms. The van der Waals surface area contributed by atoms with Crippen LogP contribution in [0.4, 0.5) is 0 Å². The molecular formula is C17H23ClN2O4S. The van der Waals surface area contributed by atoms with Crippen LogP contribution >= 0.6 is 11.6 Å². The molecule has 0 bridgehead atoms. The van der Waals surface area contributed by atoms with E-state index >= 15 is 0 Å². The van der Waals surface area contributed by atoms with Crippen LogP contribution in [0.15, 0.2) is 18.2 Å². The van der Waals surface area contributed by atoms with Gasteiger partial charge in [0.2, 0.25) is 0 Å². The molecule has 2 fully saturated rings. The Morgan fingerprint density at radius 1 is 1.28 bits per heavy atom. The fourth-order valence-corrected chi connectivity index (χ4v) is 5.53. The maximum Gasteiger partial charge on any atom is 0.255 e. The predicted octanol–water partition coefficient (Wildman–Crippen LogP) is 1.73. The zero-order chi connectivity index (χ0) is 18.0. The van der Waals surface area contributed by atoms with Gasteiger partial charge in [0.15, 0.2) is 9.84 Å². The molecule has 138 valence electrons. The summed E-state index contributed by atoms with van der Waals surface area (Å²) in [4.78, 5) is 14.8. The van der Waals surface area contributed by atoms with Crippen molar-refractivity contribution in [2.24, 2.45) is 0 Å². The van der Waals surface area contributed by atoms with E-state index in [1.807, 2.05) is 0 Å². The molecule has 0 unspecified atom stereocenters. The van der Waals surface area contributed by atoms with Gasteiger partial charge in [0.1, 0.15) is 5.75 Å². The molecule has 0 aromatic heterocycles. The van der Waals surface area contributed by atoms with Gasteiger partial charge in [-0.1, -0.05) is 11.6 Å². The zero-order valence-electron chi connectivity index (χ0n) is 14.2. The standard InChI is InChI=1S/C17H23ClN2O4S/c1-24-16-3-2-12(18)10-15(16)17(21)19-13-4-7-20(8-5-13)14-6-9-25(22,23)11-14/h2-3,10,13-14H,4-9,11H2,1H3,(H,19,21)/t14-/m1/s1. The van der Waals surface area contributed by atoms with Gasteiger partial charge in [-0.25, -0.2) is 8.42 Å². The molecule has 0 spiro atoms. The van der Waals surface area contributed by atoms with Crippen LogP contribution in [0.25, 0.3) is 0 Å². The maximum absolute atomic E-state index is 12.5. The number of amides is 1. The smallest absolute Gasteiger partial charge is 0.255 e. The van der Waals surface area contributed by atoms with Crippen LogP contribution in [-0.4, -0.2) is 63.0 Å². The van der Waals surface area contributed by atoms with E-state index < -0.39 is 9.84 Å². The number of hydrogen-bond acceptors (Lipinski definition) is 5. The Kier molecular flexibility index (Phi) is 5.55. The summed E-state index contributed by atoms with van der Waals surface area (Å²) in [7, 11) is -1.34. The second kappa shape index (κ2) is 7.51. The van der Waals surface area contributed by atoms with Crippen LogP contribution in [-0.2, 0) is 9.84 Å². The number of likely N-dealkylation sites (tertiary alicyclic amines) is 1. The van der Waals surface area contributed by atoms with Crippen molar-refractivity contribution in [1.29, 1.82) is 0 Å². The molecule has 25 heavy (non-hydrogen) atoms. The first-order chi connectivity index (χ1) is 11.9. The molecule has 3 rings (SSSR count). The quantitative estimate of drug-likeness (QED) is 0.852. The fraction of sp³-hybridized carbons (Fsp3) is 0.588. The van der Waals surface area contributed by atoms with Crippen LogP contribution in [0.2, 0.25) is 5.02 Å². The second-order valence-electron chi connectivity index (χ2n) is 6.69. The third-order valence-electron chi connectivity index (χ3n) is 5.00. The average Bonchev–Trinajstić information content (AvgIpc) is 2.95. The van der Waals surface area contributed by atoms with Crippen LogP contribution in [0.1, 0.15) is 29.6 Å². The van der Waals surface area contributed by atoms with Gasteiger partial charge in [0.25, 0.3) is 5.91 Å². The van der Waals surface area contributed by atoms with E-state index in [-0.39, 0.29) is 23.7 Å². The van der Waals surface area contributed by atoms with Crippen molar-refractivity contribution >= 4 is 27.3 Å². The molecule has 6 nitrogen and oxygen atoms in total. The van der Waals surface area contributed by atoms with Gasteiger partial charge >= 0.3 is 0 Å². The van der Waals surface area contributed by atoms with Crippen molar-refractivity contribution in [2.75, 3.05) is 31.7 Å². The number of rotatable bonds is 4. The SMILES string of the molecule is COc1ccc(Cl)cc1C(=O)NC1CCN([C@@H]2CCS(=O)(=O)C2)CC1. The molecule has 2 saturated heterocycles. The lowest BCUT2D eigenvalue weighted by atomic mass is 10.0. The number of ether oxygens (including phenoxy) is 1. The fourth-order valence-electron chi connectivity index (χ4n) is 3.59. The summed E-state index contributed by atoms with van der Waals surface area (Å²) in [6.45, 7) is 1.61. The van der Waals surface area contributed by atoms with E-state index in [9.17, 15) is 13.2 Å². The lowest BCUT2D eigenvalue weighted by Gasteiger charge is -2.35. The first kappa shape index (κ1) is 18.5. The van der Waals surface area contributed by atoms with E-state index in [0.717, 1.165) is 32.4 Å². The van der Waals surface area contributed by atoms with Gasteiger partial charge in [0.05, 0.1) is 24.2 Å². The third-order valence-corrected chi connectivity index (χ3v) is 6.98. The number of hydrogen-bond donors (Lipinski definition) is 1. The zero-order valence-corrected chi connectivity index (χ0v) is 15.8. The number of carbonyl (C=O) groups is 1. The number of halogens is 1. The van der Waals surface area contributed by atoms with Crippen LogP contribution in [0.5, 0.6) is 5.75 Å². The molecule has 0 radical (unpaired) electrons. The summed E-state index contributed by atoms with van der Waals surface area (Å²) in [5.74, 6) is 0.865. The minimum absolute atomic E-state index is 0.0745. The molecule has 1 aromatic carbocycles. The van der Waals surface area contributed by atoms with Crippen LogP contribution < -0.4 is 10.1 Å². The lowest BCUT2D eigenvalue weighted by Crippen LogP contribution is -2.48. The number of nitrogens with one attached hydrogen (secondary N) is 1. The Balaban J connectivity index is 1.56. The molecule has 0 aliphatic carbocycles. The van der Waals surface area contributed by atoms with Crippen molar-refractivity contribution in [3.8, 4) is 5.75 Å². The first-order valence-corrected chi connectivity index (χ1v) is 10.7. The maximum atomic E-state index is 12.5. The van der Waals surface area contributed by atoms with Gasteiger partial charge in [-0.2, -0.15) is 0 Å². The highest BCUT2D eigenvalue weighted by molar-refractivity contribution is 7.91. The Bertz CT molecular complexity index is 745. The lowest BCUT2D eigenvalue weighted by molar-refractivity contribution is 0.0895. The molecule has 0 saturated carbocycles. The van der Waals surface area contributed by atoms with Crippen LogP contribution in [0, 0.1) is 0 Å². The Labute approximate surface area is 153 Å². The second-order valence-corrected chi connectivity index (χ2v) is 9.35. The highest BCUT2D eigenvalue weighted by Crippen LogP contribution is 2.24. The van der Waals surface area contributed by atoms with Crippen molar-refractivity contribution in [1.82, 2.24) is 10.2 Å². The largest absolute Gasteiger partial charge is 0.496 e. The number of benzene rings is 1. The third kappa shape index (κ3) is 4.46. The van der Waals surface area contributed by atoms with Crippen molar-refractivity contribution in [3.63, 3.8) is 0 Å². The number of carbonyl (C=O) groups excluding carboxylic acids is 1. The first-order valence-electron chi connectivity index (χ1n) is 8.47. The average molecular weight is 387 g/mol. The van der Waals surface area contributed by atoms with Crippen molar-refractivity contribution in [3.05, 3.63) is 28.8 Å². The summed E-state index contributed by atoms with van der Waals surface area (Å²) in [6, 6.07) is 5.18. The van der Waals surface area contributed by atoms with E-state index in [2.05, 4.69) is 10.2 Å². The summed E-state index contributed by atoms with van der Waals surface area (Å²) >= 11 is 5.98. The minimum atomic E-state index is -2.86. The summed E-state index contributed by atoms with van der Waals surface area (Å²) in [5.41, 5.74) is 0.430. The van der Waals surface area contributed by atoms with E-state index in [1.165, 1.54) is 7.11 Å². The van der Waals surface area contributed by atoms with E-state index in [0.29, 0.717) is 22.1 Å². The number of piperidine rings is 1. The normalized spacial score (nSPS) is 24.2. The van der Waals surface area contributed by atoms with E-state index in [1.54, 1.807) is 18.2 Å². The summed E-state index contributed by atoms with van der Waals surface area (Å²) < 4.78 is 28.5.